The van der Waals surface area contributed by atoms with E-state index in [1.54, 1.807) is 0 Å². The molecule has 0 bridgehead atoms. The lowest BCUT2D eigenvalue weighted by Crippen LogP contribution is -2.25. The zero-order valence-corrected chi connectivity index (χ0v) is 13.0. The van der Waals surface area contributed by atoms with Crippen LogP contribution in [-0.4, -0.2) is 11.0 Å². The van der Waals surface area contributed by atoms with Crippen LogP contribution in [-0.2, 0) is 6.54 Å². The molecule has 2 aromatic rings. The van der Waals surface area contributed by atoms with Gasteiger partial charge in [-0.05, 0) is 38.3 Å². The molecular formula is C19H24N2. The van der Waals surface area contributed by atoms with Crippen LogP contribution in [0.2, 0.25) is 0 Å². The van der Waals surface area contributed by atoms with Gasteiger partial charge in [-0.1, -0.05) is 48.7 Å². The molecule has 0 saturated heterocycles. The SMILES string of the molecule is Cc1ccc(-c2ccc(CNC3CCCC3)c(C)n2)cc1. The summed E-state index contributed by atoms with van der Waals surface area (Å²) in [7, 11) is 0. The Balaban J connectivity index is 1.71. The van der Waals surface area contributed by atoms with Crippen molar-refractivity contribution in [2.75, 3.05) is 0 Å². The number of hydrogen-bond acceptors (Lipinski definition) is 2. The van der Waals surface area contributed by atoms with Crippen molar-refractivity contribution >= 4 is 0 Å². The topological polar surface area (TPSA) is 24.9 Å². The third-order valence-corrected chi connectivity index (χ3v) is 4.48. The molecule has 1 N–H and O–H groups in total. The second-order valence-electron chi connectivity index (χ2n) is 6.17. The van der Waals surface area contributed by atoms with Gasteiger partial charge in [-0.3, -0.25) is 4.98 Å². The molecule has 1 fully saturated rings. The van der Waals surface area contributed by atoms with Gasteiger partial charge in [-0.25, -0.2) is 0 Å². The quantitative estimate of drug-likeness (QED) is 0.898. The van der Waals surface area contributed by atoms with Crippen LogP contribution >= 0.6 is 0 Å². The maximum Gasteiger partial charge on any atom is 0.0705 e. The van der Waals surface area contributed by atoms with Gasteiger partial charge >= 0.3 is 0 Å². The lowest BCUT2D eigenvalue weighted by Gasteiger charge is -2.13. The van der Waals surface area contributed by atoms with Crippen molar-refractivity contribution in [1.82, 2.24) is 10.3 Å². The van der Waals surface area contributed by atoms with E-state index < -0.39 is 0 Å². The molecule has 110 valence electrons. The Morgan fingerprint density at radius 2 is 1.71 bits per heavy atom. The van der Waals surface area contributed by atoms with Gasteiger partial charge < -0.3 is 5.32 Å². The minimum absolute atomic E-state index is 0.709. The number of aryl methyl sites for hydroxylation is 2. The Hall–Kier alpha value is -1.67. The molecule has 1 heterocycles. The van der Waals surface area contributed by atoms with Crippen LogP contribution < -0.4 is 5.32 Å². The van der Waals surface area contributed by atoms with Crippen molar-refractivity contribution in [3.05, 3.63) is 53.2 Å². The summed E-state index contributed by atoms with van der Waals surface area (Å²) in [6.45, 7) is 5.17. The summed E-state index contributed by atoms with van der Waals surface area (Å²) in [4.78, 5) is 4.78. The maximum atomic E-state index is 4.78. The molecule has 1 saturated carbocycles. The van der Waals surface area contributed by atoms with Gasteiger partial charge in [0.15, 0.2) is 0 Å². The van der Waals surface area contributed by atoms with E-state index in [1.165, 1.54) is 42.4 Å². The van der Waals surface area contributed by atoms with Gasteiger partial charge in [0.2, 0.25) is 0 Å². The number of benzene rings is 1. The van der Waals surface area contributed by atoms with Crippen LogP contribution in [0.3, 0.4) is 0 Å². The van der Waals surface area contributed by atoms with E-state index >= 15 is 0 Å². The Morgan fingerprint density at radius 3 is 2.38 bits per heavy atom. The normalized spacial score (nSPS) is 15.5. The van der Waals surface area contributed by atoms with E-state index in [0.717, 1.165) is 17.9 Å². The molecule has 0 unspecified atom stereocenters. The first kappa shape index (κ1) is 14.3. The maximum absolute atomic E-state index is 4.78. The Bertz CT molecular complexity index is 595. The Labute approximate surface area is 127 Å². The van der Waals surface area contributed by atoms with Gasteiger partial charge in [-0.2, -0.15) is 0 Å². The highest BCUT2D eigenvalue weighted by molar-refractivity contribution is 5.60. The number of rotatable bonds is 4. The molecule has 2 heteroatoms. The fourth-order valence-electron chi connectivity index (χ4n) is 3.05. The molecule has 1 aliphatic carbocycles. The summed E-state index contributed by atoms with van der Waals surface area (Å²) in [5, 5.41) is 3.67. The molecule has 2 nitrogen and oxygen atoms in total. The van der Waals surface area contributed by atoms with Crippen molar-refractivity contribution in [1.29, 1.82) is 0 Å². The average Bonchev–Trinajstić information content (AvgIpc) is 3.00. The zero-order valence-electron chi connectivity index (χ0n) is 13.0. The first-order valence-corrected chi connectivity index (χ1v) is 7.99. The van der Waals surface area contributed by atoms with E-state index in [4.69, 9.17) is 4.98 Å². The fraction of sp³-hybridized carbons (Fsp3) is 0.421. The van der Waals surface area contributed by atoms with E-state index in [1.807, 2.05) is 0 Å². The van der Waals surface area contributed by atoms with E-state index in [0.29, 0.717) is 6.04 Å². The predicted octanol–water partition coefficient (Wildman–Crippen LogP) is 4.40. The third-order valence-electron chi connectivity index (χ3n) is 4.48. The molecule has 0 spiro atoms. The highest BCUT2D eigenvalue weighted by atomic mass is 14.9. The molecule has 3 rings (SSSR count). The highest BCUT2D eigenvalue weighted by Crippen LogP contribution is 2.21. The smallest absolute Gasteiger partial charge is 0.0705 e. The summed E-state index contributed by atoms with van der Waals surface area (Å²) in [6.07, 6.45) is 5.41. The molecule has 0 radical (unpaired) electrons. The number of pyridine rings is 1. The molecule has 0 atom stereocenters. The van der Waals surface area contributed by atoms with Crippen LogP contribution in [0.4, 0.5) is 0 Å². The largest absolute Gasteiger partial charge is 0.310 e. The van der Waals surface area contributed by atoms with Crippen molar-refractivity contribution in [2.24, 2.45) is 0 Å². The third kappa shape index (κ3) is 3.51. The molecule has 1 aliphatic rings. The number of aromatic nitrogens is 1. The second kappa shape index (κ2) is 6.40. The predicted molar refractivity (Wildman–Crippen MR) is 88.2 cm³/mol. The number of nitrogens with one attached hydrogen (secondary N) is 1. The molecule has 0 amide bonds. The Morgan fingerprint density at radius 1 is 1.00 bits per heavy atom. The van der Waals surface area contributed by atoms with Gasteiger partial charge in [0.05, 0.1) is 5.69 Å². The van der Waals surface area contributed by atoms with Gasteiger partial charge in [0.25, 0.3) is 0 Å². The first-order chi connectivity index (χ1) is 10.2. The summed E-state index contributed by atoms with van der Waals surface area (Å²) in [5.74, 6) is 0. The standard InChI is InChI=1S/C19H24N2/c1-14-7-9-16(10-8-14)19-12-11-17(15(2)21-19)13-20-18-5-3-4-6-18/h7-12,18,20H,3-6,13H2,1-2H3. The summed E-state index contributed by atoms with van der Waals surface area (Å²) in [5.41, 5.74) is 6.00. The van der Waals surface area contributed by atoms with Crippen molar-refractivity contribution < 1.29 is 0 Å². The zero-order chi connectivity index (χ0) is 14.7. The van der Waals surface area contributed by atoms with Gasteiger partial charge in [0, 0.05) is 23.8 Å². The molecule has 1 aromatic carbocycles. The monoisotopic (exact) mass is 280 g/mol. The number of hydrogen-bond donors (Lipinski definition) is 1. The van der Waals surface area contributed by atoms with Crippen molar-refractivity contribution in [3.8, 4) is 11.3 Å². The molecule has 1 aromatic heterocycles. The van der Waals surface area contributed by atoms with E-state index in [9.17, 15) is 0 Å². The second-order valence-corrected chi connectivity index (χ2v) is 6.17. The van der Waals surface area contributed by atoms with Crippen LogP contribution in [0.1, 0.15) is 42.5 Å². The van der Waals surface area contributed by atoms with Gasteiger partial charge in [-0.15, -0.1) is 0 Å². The number of nitrogens with zero attached hydrogens (tertiary/aromatic N) is 1. The van der Waals surface area contributed by atoms with Crippen LogP contribution in [0.5, 0.6) is 0 Å². The highest BCUT2D eigenvalue weighted by Gasteiger charge is 2.14. The van der Waals surface area contributed by atoms with E-state index in [2.05, 4.69) is 55.6 Å². The Kier molecular flexibility index (Phi) is 4.35. The fourth-order valence-corrected chi connectivity index (χ4v) is 3.05. The van der Waals surface area contributed by atoms with Gasteiger partial charge in [0.1, 0.15) is 0 Å². The molecule has 21 heavy (non-hydrogen) atoms. The minimum atomic E-state index is 0.709. The molecule has 0 aliphatic heterocycles. The average molecular weight is 280 g/mol. The van der Waals surface area contributed by atoms with E-state index in [-0.39, 0.29) is 0 Å². The van der Waals surface area contributed by atoms with Crippen LogP contribution in [0, 0.1) is 13.8 Å². The first-order valence-electron chi connectivity index (χ1n) is 7.99. The van der Waals surface area contributed by atoms with Crippen molar-refractivity contribution in [2.45, 2.75) is 52.1 Å². The van der Waals surface area contributed by atoms with Crippen LogP contribution in [0.25, 0.3) is 11.3 Å². The lowest BCUT2D eigenvalue weighted by molar-refractivity contribution is 0.522. The summed E-state index contributed by atoms with van der Waals surface area (Å²) >= 11 is 0. The minimum Gasteiger partial charge on any atom is -0.310 e. The summed E-state index contributed by atoms with van der Waals surface area (Å²) in [6, 6.07) is 13.6. The summed E-state index contributed by atoms with van der Waals surface area (Å²) < 4.78 is 0. The van der Waals surface area contributed by atoms with Crippen LogP contribution in [0.15, 0.2) is 36.4 Å². The lowest BCUT2D eigenvalue weighted by atomic mass is 10.1. The molecular weight excluding hydrogens is 256 g/mol. The van der Waals surface area contributed by atoms with Crippen molar-refractivity contribution in [3.63, 3.8) is 0 Å².